The second kappa shape index (κ2) is 5.57. The molecule has 0 spiro atoms. The number of nitrogens with one attached hydrogen (secondary N) is 1. The van der Waals surface area contributed by atoms with E-state index in [1.165, 1.54) is 25.7 Å². The van der Waals surface area contributed by atoms with Crippen molar-refractivity contribution in [2.45, 2.75) is 69.5 Å². The number of likely N-dealkylation sites (N-methyl/N-ethyl adjacent to an activating group) is 1. The number of hydrogen-bond donors (Lipinski definition) is 2. The third kappa shape index (κ3) is 2.54. The van der Waals surface area contributed by atoms with Crippen molar-refractivity contribution in [2.24, 2.45) is 5.73 Å². The molecule has 2 atom stereocenters. The highest BCUT2D eigenvalue weighted by Gasteiger charge is 2.43. The van der Waals surface area contributed by atoms with Gasteiger partial charge < -0.3 is 16.0 Å². The largest absolute Gasteiger partial charge is 0.368 e. The lowest BCUT2D eigenvalue weighted by atomic mass is 9.76. The maximum Gasteiger partial charge on any atom is 0.237 e. The maximum atomic E-state index is 11.8. The van der Waals surface area contributed by atoms with E-state index in [4.69, 9.17) is 5.73 Å². The van der Waals surface area contributed by atoms with Crippen LogP contribution in [0.2, 0.25) is 0 Å². The van der Waals surface area contributed by atoms with Crippen LogP contribution >= 0.6 is 0 Å². The van der Waals surface area contributed by atoms with Crippen LogP contribution in [0.5, 0.6) is 0 Å². The van der Waals surface area contributed by atoms with Gasteiger partial charge in [-0.3, -0.25) is 4.79 Å². The molecule has 4 heteroatoms. The second-order valence-corrected chi connectivity index (χ2v) is 5.98. The molecular weight excluding hydrogens is 226 g/mol. The van der Waals surface area contributed by atoms with Crippen molar-refractivity contribution < 1.29 is 4.79 Å². The number of rotatable bonds is 5. The van der Waals surface area contributed by atoms with Crippen molar-refractivity contribution in [1.82, 2.24) is 10.2 Å². The zero-order chi connectivity index (χ0) is 13.2. The zero-order valence-electron chi connectivity index (χ0n) is 11.7. The van der Waals surface area contributed by atoms with E-state index in [9.17, 15) is 4.79 Å². The molecule has 0 aromatic rings. The maximum absolute atomic E-state index is 11.8. The summed E-state index contributed by atoms with van der Waals surface area (Å²) in [6.07, 6.45) is 8.06. The van der Waals surface area contributed by atoms with Gasteiger partial charge in [-0.25, -0.2) is 0 Å². The van der Waals surface area contributed by atoms with Gasteiger partial charge in [0.25, 0.3) is 0 Å². The first-order chi connectivity index (χ1) is 8.59. The number of hydrogen-bond acceptors (Lipinski definition) is 3. The molecule has 2 saturated carbocycles. The molecule has 18 heavy (non-hydrogen) atoms. The zero-order valence-corrected chi connectivity index (χ0v) is 11.7. The lowest BCUT2D eigenvalue weighted by Gasteiger charge is -2.46. The number of nitrogens with two attached hydrogens (primary N) is 1. The Morgan fingerprint density at radius 3 is 2.50 bits per heavy atom. The summed E-state index contributed by atoms with van der Waals surface area (Å²) in [5.41, 5.74) is 5.19. The summed E-state index contributed by atoms with van der Waals surface area (Å²) in [5, 5.41) is 3.36. The minimum Gasteiger partial charge on any atom is -0.368 e. The summed E-state index contributed by atoms with van der Waals surface area (Å²) in [6.45, 7) is 2.85. The molecule has 0 radical (unpaired) electrons. The fraction of sp³-hybridized carbons (Fsp3) is 0.929. The van der Waals surface area contributed by atoms with E-state index in [0.717, 1.165) is 31.8 Å². The van der Waals surface area contributed by atoms with Crippen LogP contribution in [0.25, 0.3) is 0 Å². The molecule has 2 unspecified atom stereocenters. The van der Waals surface area contributed by atoms with Gasteiger partial charge in [-0.05, 0) is 52.1 Å². The highest BCUT2D eigenvalue weighted by atomic mass is 16.1. The molecule has 2 aliphatic rings. The minimum absolute atomic E-state index is 0.170. The van der Waals surface area contributed by atoms with E-state index in [1.54, 1.807) is 0 Å². The molecule has 2 fully saturated rings. The first kappa shape index (κ1) is 13.8. The smallest absolute Gasteiger partial charge is 0.237 e. The Morgan fingerprint density at radius 2 is 2.00 bits per heavy atom. The highest BCUT2D eigenvalue weighted by molar-refractivity contribution is 5.84. The van der Waals surface area contributed by atoms with Gasteiger partial charge in [-0.1, -0.05) is 13.3 Å². The molecule has 2 aliphatic carbocycles. The predicted octanol–water partition coefficient (Wildman–Crippen LogP) is 1.25. The van der Waals surface area contributed by atoms with E-state index >= 15 is 0 Å². The van der Waals surface area contributed by atoms with Crippen molar-refractivity contribution in [3.63, 3.8) is 0 Å². The molecular formula is C14H27N3O. The molecule has 4 nitrogen and oxygen atoms in total. The molecule has 0 aromatic heterocycles. The van der Waals surface area contributed by atoms with Gasteiger partial charge in [0.15, 0.2) is 0 Å². The molecule has 0 aliphatic heterocycles. The molecule has 3 N–H and O–H groups in total. The first-order valence-electron chi connectivity index (χ1n) is 7.36. The summed E-state index contributed by atoms with van der Waals surface area (Å²) in [5.74, 6) is -0.170. The molecule has 104 valence electrons. The summed E-state index contributed by atoms with van der Waals surface area (Å²) in [7, 11) is 2.22. The van der Waals surface area contributed by atoms with Crippen molar-refractivity contribution >= 4 is 5.91 Å². The van der Waals surface area contributed by atoms with Crippen LogP contribution in [-0.4, -0.2) is 42.0 Å². The van der Waals surface area contributed by atoms with Crippen LogP contribution in [0.1, 0.15) is 51.9 Å². The fourth-order valence-corrected chi connectivity index (χ4v) is 3.50. The van der Waals surface area contributed by atoms with Crippen LogP contribution in [0.15, 0.2) is 0 Å². The second-order valence-electron chi connectivity index (χ2n) is 5.98. The number of carbonyl (C=O) groups excluding carboxylic acids is 1. The summed E-state index contributed by atoms with van der Waals surface area (Å²) in [6, 6.07) is 1.25. The molecule has 2 rings (SSSR count). The number of carbonyl (C=O) groups is 1. The normalized spacial score (nSPS) is 33.4. The van der Waals surface area contributed by atoms with E-state index < -0.39 is 5.54 Å². The van der Waals surface area contributed by atoms with Crippen LogP contribution in [-0.2, 0) is 4.79 Å². The third-order valence-corrected chi connectivity index (χ3v) is 4.94. The van der Waals surface area contributed by atoms with Gasteiger partial charge >= 0.3 is 0 Å². The van der Waals surface area contributed by atoms with Crippen molar-refractivity contribution in [3.8, 4) is 0 Å². The predicted molar refractivity (Wildman–Crippen MR) is 73.3 cm³/mol. The van der Waals surface area contributed by atoms with Gasteiger partial charge in [0.2, 0.25) is 5.91 Å². The molecule has 0 saturated heterocycles. The lowest BCUT2D eigenvalue weighted by molar-refractivity contribution is -0.127. The number of amides is 1. The average molecular weight is 253 g/mol. The van der Waals surface area contributed by atoms with E-state index in [0.29, 0.717) is 6.04 Å². The molecule has 0 aromatic carbocycles. The monoisotopic (exact) mass is 253 g/mol. The standard InChI is InChI=1S/C14H27N3O/c1-3-16-14(13(15)18)9-5-8-12(10-14)17(2)11-6-4-7-11/h11-12,16H,3-10H2,1-2H3,(H2,15,18). The Labute approximate surface area is 110 Å². The Kier molecular flexibility index (Phi) is 4.28. The molecule has 1 amide bonds. The average Bonchev–Trinajstić information content (AvgIpc) is 2.27. The van der Waals surface area contributed by atoms with E-state index in [2.05, 4.69) is 17.3 Å². The fourth-order valence-electron chi connectivity index (χ4n) is 3.50. The van der Waals surface area contributed by atoms with E-state index in [-0.39, 0.29) is 5.91 Å². The Balaban J connectivity index is 2.03. The van der Waals surface area contributed by atoms with Gasteiger partial charge in [0.1, 0.15) is 0 Å². The van der Waals surface area contributed by atoms with Gasteiger partial charge in [-0.15, -0.1) is 0 Å². The van der Waals surface area contributed by atoms with Gasteiger partial charge in [-0.2, -0.15) is 0 Å². The van der Waals surface area contributed by atoms with E-state index in [1.807, 2.05) is 6.92 Å². The summed E-state index contributed by atoms with van der Waals surface area (Å²) >= 11 is 0. The summed E-state index contributed by atoms with van der Waals surface area (Å²) < 4.78 is 0. The molecule has 0 heterocycles. The third-order valence-electron chi connectivity index (χ3n) is 4.94. The number of primary amides is 1. The minimum atomic E-state index is -0.463. The van der Waals surface area contributed by atoms with Crippen molar-refractivity contribution in [3.05, 3.63) is 0 Å². The van der Waals surface area contributed by atoms with Crippen LogP contribution in [0.3, 0.4) is 0 Å². The number of nitrogens with zero attached hydrogens (tertiary/aromatic N) is 1. The Bertz CT molecular complexity index is 299. The summed E-state index contributed by atoms with van der Waals surface area (Å²) in [4.78, 5) is 14.3. The van der Waals surface area contributed by atoms with Crippen LogP contribution in [0.4, 0.5) is 0 Å². The van der Waals surface area contributed by atoms with Crippen LogP contribution in [0, 0.1) is 0 Å². The first-order valence-corrected chi connectivity index (χ1v) is 7.36. The molecule has 0 bridgehead atoms. The SMILES string of the molecule is CCNC1(C(N)=O)CCCC(N(C)C2CCC2)C1. The topological polar surface area (TPSA) is 58.4 Å². The van der Waals surface area contributed by atoms with Crippen LogP contribution < -0.4 is 11.1 Å². The lowest BCUT2D eigenvalue weighted by Crippen LogP contribution is -2.61. The Hall–Kier alpha value is -0.610. The Morgan fingerprint density at radius 1 is 1.33 bits per heavy atom. The van der Waals surface area contributed by atoms with Gasteiger partial charge in [0, 0.05) is 12.1 Å². The van der Waals surface area contributed by atoms with Gasteiger partial charge in [0.05, 0.1) is 5.54 Å². The van der Waals surface area contributed by atoms with Crippen molar-refractivity contribution in [2.75, 3.05) is 13.6 Å². The quantitative estimate of drug-likeness (QED) is 0.775. The van der Waals surface area contributed by atoms with Crippen molar-refractivity contribution in [1.29, 1.82) is 0 Å². The highest BCUT2D eigenvalue weighted by Crippen LogP contribution is 2.34.